The molecule has 2 heteroatoms. The highest BCUT2D eigenvalue weighted by Crippen LogP contribution is 2.16. The third-order valence-electron chi connectivity index (χ3n) is 2.42. The van der Waals surface area contributed by atoms with Crippen LogP contribution in [0.2, 0.25) is 6.04 Å². The van der Waals surface area contributed by atoms with Crippen molar-refractivity contribution in [3.63, 3.8) is 0 Å². The lowest BCUT2D eigenvalue weighted by atomic mass is 10.2. The first kappa shape index (κ1) is 11.2. The summed E-state index contributed by atoms with van der Waals surface area (Å²) in [6.45, 7) is 5.86. The molecule has 0 fully saturated rings. The first-order chi connectivity index (χ1) is 6.70. The van der Waals surface area contributed by atoms with Crippen LogP contribution in [0.15, 0.2) is 42.6 Å². The zero-order valence-electron chi connectivity index (χ0n) is 8.74. The van der Waals surface area contributed by atoms with E-state index in [4.69, 9.17) is 0 Å². The summed E-state index contributed by atoms with van der Waals surface area (Å²) in [7, 11) is -2.20. The lowest BCUT2D eigenvalue weighted by Gasteiger charge is -2.20. The molecular weight excluding hydrogens is 188 g/mol. The van der Waals surface area contributed by atoms with Gasteiger partial charge in [-0.1, -0.05) is 49.4 Å². The fourth-order valence-electron chi connectivity index (χ4n) is 1.64. The quantitative estimate of drug-likeness (QED) is 0.735. The highest BCUT2D eigenvalue weighted by atomic mass is 28.4. The van der Waals surface area contributed by atoms with Crippen LogP contribution in [0.5, 0.6) is 0 Å². The first-order valence-corrected chi connectivity index (χ1v) is 7.54. The van der Waals surface area contributed by atoms with Crippen molar-refractivity contribution >= 4 is 8.32 Å². The van der Waals surface area contributed by atoms with E-state index in [1.54, 1.807) is 5.70 Å². The van der Waals surface area contributed by atoms with Crippen LogP contribution in [-0.4, -0.2) is 13.1 Å². The predicted octanol–water partition coefficient (Wildman–Crippen LogP) is 2.84. The van der Waals surface area contributed by atoms with Gasteiger partial charge in [0.1, 0.15) is 0 Å². The third kappa shape index (κ3) is 3.12. The van der Waals surface area contributed by atoms with E-state index in [0.717, 1.165) is 18.5 Å². The van der Waals surface area contributed by atoms with Crippen molar-refractivity contribution in [2.24, 2.45) is 0 Å². The Balaban J connectivity index is 2.70. The fourth-order valence-corrected chi connectivity index (χ4v) is 3.98. The maximum atomic E-state index is 10.3. The zero-order chi connectivity index (χ0) is 10.4. The van der Waals surface area contributed by atoms with E-state index in [-0.39, 0.29) is 0 Å². The first-order valence-electron chi connectivity index (χ1n) is 5.10. The molecule has 1 aromatic rings. The molecule has 1 rings (SSSR count). The number of hydrogen-bond donors (Lipinski definition) is 1. The molecule has 0 saturated heterocycles. The Labute approximate surface area is 87.2 Å². The van der Waals surface area contributed by atoms with Gasteiger partial charge in [-0.25, -0.2) is 0 Å². The van der Waals surface area contributed by atoms with Gasteiger partial charge in [-0.05, 0) is 17.7 Å². The molecule has 0 aliphatic carbocycles. The standard InChI is InChI=1S/C12H18OSi/c1-3-10-14(13,4-2)11-12-8-6-5-7-9-12/h4-9,13H,2-3,10-11H2,1H3. The van der Waals surface area contributed by atoms with Crippen LogP contribution in [0.1, 0.15) is 18.9 Å². The van der Waals surface area contributed by atoms with Gasteiger partial charge in [0.05, 0.1) is 0 Å². The van der Waals surface area contributed by atoms with E-state index < -0.39 is 8.32 Å². The van der Waals surface area contributed by atoms with Crippen molar-refractivity contribution < 1.29 is 4.80 Å². The summed E-state index contributed by atoms with van der Waals surface area (Å²) in [6, 6.07) is 11.9. The van der Waals surface area contributed by atoms with E-state index in [0.29, 0.717) is 0 Å². The van der Waals surface area contributed by atoms with Crippen molar-refractivity contribution in [3.8, 4) is 0 Å². The van der Waals surface area contributed by atoms with Gasteiger partial charge in [0, 0.05) is 0 Å². The second-order valence-electron chi connectivity index (χ2n) is 3.72. The molecule has 0 bridgehead atoms. The maximum Gasteiger partial charge on any atom is 0.216 e. The van der Waals surface area contributed by atoms with E-state index >= 15 is 0 Å². The van der Waals surface area contributed by atoms with Crippen molar-refractivity contribution in [1.29, 1.82) is 0 Å². The summed E-state index contributed by atoms with van der Waals surface area (Å²) in [5, 5.41) is 0. The van der Waals surface area contributed by atoms with Gasteiger partial charge < -0.3 is 4.80 Å². The Kier molecular flexibility index (Phi) is 4.11. The van der Waals surface area contributed by atoms with Crippen LogP contribution < -0.4 is 0 Å². The molecule has 1 unspecified atom stereocenters. The Hall–Kier alpha value is -0.863. The lowest BCUT2D eigenvalue weighted by Crippen LogP contribution is -2.35. The summed E-state index contributed by atoms with van der Waals surface area (Å²) < 4.78 is 0. The van der Waals surface area contributed by atoms with Gasteiger partial charge in [-0.15, -0.1) is 6.58 Å². The monoisotopic (exact) mass is 206 g/mol. The zero-order valence-corrected chi connectivity index (χ0v) is 9.74. The smallest absolute Gasteiger partial charge is 0.216 e. The number of rotatable bonds is 5. The summed E-state index contributed by atoms with van der Waals surface area (Å²) in [4.78, 5) is 10.3. The second kappa shape index (κ2) is 5.13. The molecule has 1 nitrogen and oxygen atoms in total. The molecule has 0 aliphatic heterocycles. The summed E-state index contributed by atoms with van der Waals surface area (Å²) in [5.41, 5.74) is 3.01. The molecule has 14 heavy (non-hydrogen) atoms. The molecule has 0 spiro atoms. The molecule has 0 heterocycles. The topological polar surface area (TPSA) is 20.2 Å². The van der Waals surface area contributed by atoms with Crippen LogP contribution in [-0.2, 0) is 6.04 Å². The normalized spacial score (nSPS) is 14.7. The van der Waals surface area contributed by atoms with Crippen molar-refractivity contribution in [2.45, 2.75) is 25.4 Å². The molecule has 1 N–H and O–H groups in total. The largest absolute Gasteiger partial charge is 0.428 e. The Morgan fingerprint density at radius 3 is 2.50 bits per heavy atom. The van der Waals surface area contributed by atoms with E-state index in [9.17, 15) is 4.80 Å². The summed E-state index contributed by atoms with van der Waals surface area (Å²) >= 11 is 0. The average Bonchev–Trinajstić information content (AvgIpc) is 2.20. The Bertz CT molecular complexity index is 284. The second-order valence-corrected chi connectivity index (χ2v) is 7.19. The van der Waals surface area contributed by atoms with Gasteiger partial charge in [0.2, 0.25) is 8.32 Å². The molecular formula is C12H18OSi. The van der Waals surface area contributed by atoms with Crippen LogP contribution in [0.4, 0.5) is 0 Å². The highest BCUT2D eigenvalue weighted by Gasteiger charge is 2.25. The van der Waals surface area contributed by atoms with Gasteiger partial charge >= 0.3 is 0 Å². The minimum Gasteiger partial charge on any atom is -0.428 e. The van der Waals surface area contributed by atoms with E-state index in [1.165, 1.54) is 5.56 Å². The minimum absolute atomic E-state index is 0.797. The van der Waals surface area contributed by atoms with Crippen LogP contribution >= 0.6 is 0 Å². The minimum atomic E-state index is -2.20. The molecule has 0 saturated carbocycles. The fraction of sp³-hybridized carbons (Fsp3) is 0.333. The van der Waals surface area contributed by atoms with Crippen LogP contribution in [0, 0.1) is 0 Å². The lowest BCUT2D eigenvalue weighted by molar-refractivity contribution is 0.541. The summed E-state index contributed by atoms with van der Waals surface area (Å²) in [6.07, 6.45) is 1.03. The van der Waals surface area contributed by atoms with Gasteiger partial charge in [-0.2, -0.15) is 0 Å². The van der Waals surface area contributed by atoms with Crippen LogP contribution in [0.3, 0.4) is 0 Å². The SMILES string of the molecule is C=C[Si](O)(CCC)Cc1ccccc1. The molecule has 1 aromatic carbocycles. The van der Waals surface area contributed by atoms with Crippen LogP contribution in [0.25, 0.3) is 0 Å². The van der Waals surface area contributed by atoms with Gasteiger partial charge in [-0.3, -0.25) is 0 Å². The molecule has 0 aromatic heterocycles. The van der Waals surface area contributed by atoms with Gasteiger partial charge in [0.25, 0.3) is 0 Å². The molecule has 1 atom stereocenters. The summed E-state index contributed by atoms with van der Waals surface area (Å²) in [5.74, 6) is 0. The van der Waals surface area contributed by atoms with E-state index in [2.05, 4.69) is 25.6 Å². The highest BCUT2D eigenvalue weighted by molar-refractivity contribution is 6.76. The molecule has 0 amide bonds. The Morgan fingerprint density at radius 1 is 1.36 bits per heavy atom. The third-order valence-corrected chi connectivity index (χ3v) is 5.56. The van der Waals surface area contributed by atoms with E-state index in [1.807, 2.05) is 18.2 Å². The molecule has 76 valence electrons. The maximum absolute atomic E-state index is 10.3. The average molecular weight is 206 g/mol. The van der Waals surface area contributed by atoms with Gasteiger partial charge in [0.15, 0.2) is 0 Å². The number of hydrogen-bond acceptors (Lipinski definition) is 1. The van der Waals surface area contributed by atoms with Crippen molar-refractivity contribution in [2.75, 3.05) is 0 Å². The molecule has 0 aliphatic rings. The molecule has 0 radical (unpaired) electrons. The van der Waals surface area contributed by atoms with Crippen molar-refractivity contribution in [1.82, 2.24) is 0 Å². The predicted molar refractivity (Wildman–Crippen MR) is 63.4 cm³/mol. The van der Waals surface area contributed by atoms with Crippen molar-refractivity contribution in [3.05, 3.63) is 48.2 Å². The Morgan fingerprint density at radius 2 is 2.00 bits per heavy atom. The number of benzene rings is 1.